The number of aryl methyl sites for hydroxylation is 1. The van der Waals surface area contributed by atoms with Crippen molar-refractivity contribution >= 4 is 11.6 Å². The molecular formula is C13H11ClF3NO2. The number of rotatable bonds is 4. The molecule has 2 aromatic rings. The summed E-state index contributed by atoms with van der Waals surface area (Å²) in [4.78, 5) is 4.19. The van der Waals surface area contributed by atoms with Crippen molar-refractivity contribution in [3.05, 3.63) is 35.7 Å². The Kier molecular flexibility index (Phi) is 4.23. The number of hydrogen-bond donors (Lipinski definition) is 0. The zero-order valence-electron chi connectivity index (χ0n) is 10.5. The van der Waals surface area contributed by atoms with Crippen molar-refractivity contribution < 1.29 is 22.3 Å². The number of hydrogen-bond acceptors (Lipinski definition) is 3. The van der Waals surface area contributed by atoms with Crippen LogP contribution in [0.2, 0.25) is 0 Å². The second-order valence-electron chi connectivity index (χ2n) is 4.08. The molecule has 7 heteroatoms. The molecule has 1 heterocycles. The summed E-state index contributed by atoms with van der Waals surface area (Å²) in [6, 6.07) is 6.02. The van der Waals surface area contributed by atoms with Gasteiger partial charge in [-0.3, -0.25) is 0 Å². The van der Waals surface area contributed by atoms with E-state index >= 15 is 0 Å². The minimum absolute atomic E-state index is 0.131. The van der Waals surface area contributed by atoms with Crippen molar-refractivity contribution in [3.8, 4) is 17.2 Å². The van der Waals surface area contributed by atoms with E-state index in [0.717, 1.165) is 0 Å². The zero-order chi connectivity index (χ0) is 14.8. The predicted octanol–water partition coefficient (Wildman–Crippen LogP) is 4.33. The van der Waals surface area contributed by atoms with E-state index in [2.05, 4.69) is 9.72 Å². The van der Waals surface area contributed by atoms with E-state index in [0.29, 0.717) is 22.9 Å². The Hall–Kier alpha value is -1.69. The molecule has 0 aliphatic carbocycles. The minimum atomic E-state index is -4.35. The molecule has 0 saturated heterocycles. The van der Waals surface area contributed by atoms with Gasteiger partial charge >= 0.3 is 6.18 Å². The predicted molar refractivity (Wildman–Crippen MR) is 67.8 cm³/mol. The highest BCUT2D eigenvalue weighted by molar-refractivity contribution is 6.16. The molecule has 108 valence electrons. The lowest BCUT2D eigenvalue weighted by Gasteiger charge is -2.08. The Balaban J connectivity index is 2.11. The van der Waals surface area contributed by atoms with Gasteiger partial charge < -0.3 is 9.15 Å². The van der Waals surface area contributed by atoms with Gasteiger partial charge in [-0.25, -0.2) is 4.98 Å². The highest BCUT2D eigenvalue weighted by Crippen LogP contribution is 2.25. The molecule has 1 aromatic heterocycles. The SMILES string of the molecule is Cc1oc(-c2ccc(OCC(F)(F)F)cc2)nc1CCl. The lowest BCUT2D eigenvalue weighted by molar-refractivity contribution is -0.153. The van der Waals surface area contributed by atoms with Crippen molar-refractivity contribution in [3.63, 3.8) is 0 Å². The normalized spacial score (nSPS) is 11.7. The standard InChI is InChI=1S/C13H11ClF3NO2/c1-8-11(6-14)18-12(20-8)9-2-4-10(5-3-9)19-7-13(15,16)17/h2-5H,6-7H2,1H3. The van der Waals surface area contributed by atoms with Crippen molar-refractivity contribution in [2.75, 3.05) is 6.61 Å². The van der Waals surface area contributed by atoms with Crippen LogP contribution in [-0.2, 0) is 5.88 Å². The van der Waals surface area contributed by atoms with E-state index in [1.54, 1.807) is 19.1 Å². The van der Waals surface area contributed by atoms with E-state index in [1.165, 1.54) is 12.1 Å². The molecule has 0 radical (unpaired) electrons. The highest BCUT2D eigenvalue weighted by atomic mass is 35.5. The van der Waals surface area contributed by atoms with Crippen molar-refractivity contribution in [1.82, 2.24) is 4.98 Å². The molecule has 0 saturated carbocycles. The number of aromatic nitrogens is 1. The molecule has 0 unspecified atom stereocenters. The van der Waals surface area contributed by atoms with Crippen LogP contribution in [0.5, 0.6) is 5.75 Å². The van der Waals surface area contributed by atoms with Crippen LogP contribution in [0.3, 0.4) is 0 Å². The average molecular weight is 306 g/mol. The first kappa shape index (κ1) is 14.7. The Morgan fingerprint density at radius 2 is 1.90 bits per heavy atom. The van der Waals surface area contributed by atoms with Crippen LogP contribution < -0.4 is 4.74 Å². The first-order valence-corrected chi connectivity index (χ1v) is 6.25. The highest BCUT2D eigenvalue weighted by Gasteiger charge is 2.28. The molecule has 0 bridgehead atoms. The molecule has 0 fully saturated rings. The zero-order valence-corrected chi connectivity index (χ0v) is 11.3. The van der Waals surface area contributed by atoms with Gasteiger partial charge in [-0.2, -0.15) is 13.2 Å². The third-order valence-electron chi connectivity index (χ3n) is 2.52. The third kappa shape index (κ3) is 3.66. The summed E-state index contributed by atoms with van der Waals surface area (Å²) in [6.45, 7) is 0.426. The first-order chi connectivity index (χ1) is 9.39. The Labute approximate surface area is 118 Å². The summed E-state index contributed by atoms with van der Waals surface area (Å²) in [5.41, 5.74) is 1.28. The van der Waals surface area contributed by atoms with Crippen molar-refractivity contribution in [2.45, 2.75) is 19.0 Å². The van der Waals surface area contributed by atoms with Crippen LogP contribution in [0.25, 0.3) is 11.5 Å². The van der Waals surface area contributed by atoms with Gasteiger partial charge in [0.05, 0.1) is 11.6 Å². The van der Waals surface area contributed by atoms with E-state index in [9.17, 15) is 13.2 Å². The van der Waals surface area contributed by atoms with E-state index in [4.69, 9.17) is 16.0 Å². The molecular weight excluding hydrogens is 295 g/mol. The average Bonchev–Trinajstić information content (AvgIpc) is 2.77. The molecule has 20 heavy (non-hydrogen) atoms. The summed E-state index contributed by atoms with van der Waals surface area (Å²) in [7, 11) is 0. The molecule has 0 amide bonds. The number of oxazole rings is 1. The maximum Gasteiger partial charge on any atom is 0.422 e. The lowest BCUT2D eigenvalue weighted by Crippen LogP contribution is -2.19. The number of halogens is 4. The number of alkyl halides is 4. The summed E-state index contributed by atoms with van der Waals surface area (Å²) < 4.78 is 46.1. The van der Waals surface area contributed by atoms with Gasteiger partial charge in [0.1, 0.15) is 11.5 Å². The van der Waals surface area contributed by atoms with Gasteiger partial charge in [0.2, 0.25) is 5.89 Å². The molecule has 3 nitrogen and oxygen atoms in total. The number of benzene rings is 1. The molecule has 0 aliphatic rings. The van der Waals surface area contributed by atoms with Crippen LogP contribution in [-0.4, -0.2) is 17.8 Å². The Morgan fingerprint density at radius 3 is 2.40 bits per heavy atom. The second-order valence-corrected chi connectivity index (χ2v) is 4.35. The molecule has 0 aliphatic heterocycles. The van der Waals surface area contributed by atoms with Crippen LogP contribution in [0.15, 0.2) is 28.7 Å². The number of nitrogens with zero attached hydrogens (tertiary/aromatic N) is 1. The Morgan fingerprint density at radius 1 is 1.25 bits per heavy atom. The fourth-order valence-electron chi connectivity index (χ4n) is 1.53. The summed E-state index contributed by atoms with van der Waals surface area (Å²) in [6.07, 6.45) is -4.35. The van der Waals surface area contributed by atoms with Crippen LogP contribution in [0, 0.1) is 6.92 Å². The van der Waals surface area contributed by atoms with Gasteiger partial charge in [0, 0.05) is 5.56 Å². The van der Waals surface area contributed by atoms with Gasteiger partial charge in [-0.1, -0.05) is 0 Å². The van der Waals surface area contributed by atoms with Crippen molar-refractivity contribution in [1.29, 1.82) is 0 Å². The van der Waals surface area contributed by atoms with Crippen LogP contribution in [0.1, 0.15) is 11.5 Å². The molecule has 0 spiro atoms. The van der Waals surface area contributed by atoms with Crippen LogP contribution >= 0.6 is 11.6 Å². The number of ether oxygens (including phenoxy) is 1. The maximum atomic E-state index is 12.0. The first-order valence-electron chi connectivity index (χ1n) is 5.71. The van der Waals surface area contributed by atoms with Gasteiger partial charge in [-0.15, -0.1) is 11.6 Å². The van der Waals surface area contributed by atoms with Crippen LogP contribution in [0.4, 0.5) is 13.2 Å². The topological polar surface area (TPSA) is 35.3 Å². The largest absolute Gasteiger partial charge is 0.484 e. The van der Waals surface area contributed by atoms with E-state index < -0.39 is 12.8 Å². The maximum absolute atomic E-state index is 12.0. The van der Waals surface area contributed by atoms with Gasteiger partial charge in [-0.05, 0) is 31.2 Å². The third-order valence-corrected chi connectivity index (χ3v) is 2.78. The van der Waals surface area contributed by atoms with Gasteiger partial charge in [0.25, 0.3) is 0 Å². The van der Waals surface area contributed by atoms with Crippen molar-refractivity contribution in [2.24, 2.45) is 0 Å². The summed E-state index contributed by atoms with van der Waals surface area (Å²) in [5.74, 6) is 1.36. The molecule has 0 N–H and O–H groups in total. The van der Waals surface area contributed by atoms with E-state index in [-0.39, 0.29) is 11.6 Å². The molecule has 2 rings (SSSR count). The summed E-state index contributed by atoms with van der Waals surface area (Å²) >= 11 is 5.69. The summed E-state index contributed by atoms with van der Waals surface area (Å²) in [5, 5.41) is 0. The molecule has 0 atom stereocenters. The smallest absolute Gasteiger partial charge is 0.422 e. The van der Waals surface area contributed by atoms with E-state index in [1.807, 2.05) is 0 Å². The molecule has 1 aromatic carbocycles. The quantitative estimate of drug-likeness (QED) is 0.789. The lowest BCUT2D eigenvalue weighted by atomic mass is 10.2. The second kappa shape index (κ2) is 5.75. The fourth-order valence-corrected chi connectivity index (χ4v) is 1.78. The monoisotopic (exact) mass is 305 g/mol. The Bertz CT molecular complexity index is 578. The fraction of sp³-hybridized carbons (Fsp3) is 0.308. The van der Waals surface area contributed by atoms with Gasteiger partial charge in [0.15, 0.2) is 6.61 Å². The minimum Gasteiger partial charge on any atom is -0.484 e.